The fourth-order valence-electron chi connectivity index (χ4n) is 2.88. The molecule has 0 aliphatic carbocycles. The minimum Gasteiger partial charge on any atom is -0.493 e. The molecule has 29 heavy (non-hydrogen) atoms. The number of rotatable bonds is 8. The topological polar surface area (TPSA) is 73.6 Å². The van der Waals surface area contributed by atoms with Crippen molar-refractivity contribution in [3.05, 3.63) is 82.7 Å². The van der Waals surface area contributed by atoms with Gasteiger partial charge >= 0.3 is 0 Å². The van der Waals surface area contributed by atoms with Crippen LogP contribution in [0, 0.1) is 0 Å². The Bertz CT molecular complexity index is 1030. The number of hydrogen-bond acceptors (Lipinski definition) is 5. The second kappa shape index (κ2) is 9.71. The van der Waals surface area contributed by atoms with Gasteiger partial charge in [-0.05, 0) is 30.7 Å². The van der Waals surface area contributed by atoms with Crippen molar-refractivity contribution >= 4 is 6.08 Å². The van der Waals surface area contributed by atoms with E-state index in [2.05, 4.69) is 5.10 Å². The first kappa shape index (κ1) is 20.4. The molecule has 0 aliphatic rings. The first-order valence-electron chi connectivity index (χ1n) is 9.36. The van der Waals surface area contributed by atoms with Crippen molar-refractivity contribution < 1.29 is 14.6 Å². The number of allylic oxidation sites excluding steroid dienone is 1. The van der Waals surface area contributed by atoms with Crippen LogP contribution in [-0.4, -0.2) is 34.7 Å². The van der Waals surface area contributed by atoms with E-state index in [-0.39, 0.29) is 18.7 Å². The smallest absolute Gasteiger partial charge is 0.266 e. The van der Waals surface area contributed by atoms with Crippen molar-refractivity contribution in [2.75, 3.05) is 13.7 Å². The van der Waals surface area contributed by atoms with Crippen LogP contribution in [-0.2, 0) is 6.54 Å². The standard InChI is InChI=1S/C23H24N2O4/c1-3-7-17-10-12-21(22(14-17)28-2)29-16-19(26)15-25-23(27)13-11-20(24-25)18-8-5-4-6-9-18/h3-14,19,26H,15-16H2,1-2H3/b7-3+/t19-/m0/s1. The van der Waals surface area contributed by atoms with Crippen LogP contribution in [0.3, 0.4) is 0 Å². The Morgan fingerprint density at radius 2 is 1.90 bits per heavy atom. The van der Waals surface area contributed by atoms with Crippen LogP contribution in [0.1, 0.15) is 12.5 Å². The summed E-state index contributed by atoms with van der Waals surface area (Å²) < 4.78 is 12.3. The quantitative estimate of drug-likeness (QED) is 0.636. The van der Waals surface area contributed by atoms with Crippen LogP contribution in [0.2, 0.25) is 0 Å². The lowest BCUT2D eigenvalue weighted by Gasteiger charge is -2.16. The van der Waals surface area contributed by atoms with E-state index in [4.69, 9.17) is 9.47 Å². The lowest BCUT2D eigenvalue weighted by atomic mass is 10.1. The number of benzene rings is 2. The summed E-state index contributed by atoms with van der Waals surface area (Å²) in [5.74, 6) is 1.10. The van der Waals surface area contributed by atoms with E-state index >= 15 is 0 Å². The molecule has 0 aliphatic heterocycles. The molecule has 1 heterocycles. The molecule has 6 heteroatoms. The third-order valence-corrected chi connectivity index (χ3v) is 4.30. The Hall–Kier alpha value is -3.38. The Kier molecular flexibility index (Phi) is 6.81. The van der Waals surface area contributed by atoms with E-state index in [9.17, 15) is 9.90 Å². The van der Waals surface area contributed by atoms with Crippen LogP contribution in [0.15, 0.2) is 71.5 Å². The Morgan fingerprint density at radius 1 is 1.10 bits per heavy atom. The lowest BCUT2D eigenvalue weighted by Crippen LogP contribution is -2.31. The second-order valence-corrected chi connectivity index (χ2v) is 6.48. The average molecular weight is 392 g/mol. The Morgan fingerprint density at radius 3 is 2.62 bits per heavy atom. The summed E-state index contributed by atoms with van der Waals surface area (Å²) in [6.45, 7) is 1.97. The van der Waals surface area contributed by atoms with Gasteiger partial charge in [-0.2, -0.15) is 5.10 Å². The summed E-state index contributed by atoms with van der Waals surface area (Å²) in [4.78, 5) is 12.1. The molecule has 0 amide bonds. The van der Waals surface area contributed by atoms with Gasteiger partial charge in [0.2, 0.25) is 0 Å². The minimum atomic E-state index is -0.911. The molecule has 0 saturated carbocycles. The van der Waals surface area contributed by atoms with E-state index in [1.807, 2.05) is 61.5 Å². The Balaban J connectivity index is 1.68. The zero-order chi connectivity index (χ0) is 20.6. The predicted molar refractivity (Wildman–Crippen MR) is 113 cm³/mol. The molecule has 150 valence electrons. The first-order chi connectivity index (χ1) is 14.1. The number of aromatic nitrogens is 2. The highest BCUT2D eigenvalue weighted by atomic mass is 16.5. The van der Waals surface area contributed by atoms with Gasteiger partial charge in [0.15, 0.2) is 11.5 Å². The zero-order valence-electron chi connectivity index (χ0n) is 16.5. The molecule has 0 fully saturated rings. The minimum absolute atomic E-state index is 0.00298. The largest absolute Gasteiger partial charge is 0.493 e. The van der Waals surface area contributed by atoms with Crippen LogP contribution < -0.4 is 15.0 Å². The second-order valence-electron chi connectivity index (χ2n) is 6.48. The number of nitrogens with zero attached hydrogens (tertiary/aromatic N) is 2. The van der Waals surface area contributed by atoms with Gasteiger partial charge in [0.25, 0.3) is 5.56 Å². The van der Waals surface area contributed by atoms with Crippen LogP contribution in [0.25, 0.3) is 17.3 Å². The highest BCUT2D eigenvalue weighted by molar-refractivity contribution is 5.58. The molecule has 6 nitrogen and oxygen atoms in total. The zero-order valence-corrected chi connectivity index (χ0v) is 16.5. The molecule has 0 radical (unpaired) electrons. The summed E-state index contributed by atoms with van der Waals surface area (Å²) in [6.07, 6.45) is 2.98. The number of aliphatic hydroxyl groups excluding tert-OH is 1. The summed E-state index contributed by atoms with van der Waals surface area (Å²) >= 11 is 0. The third kappa shape index (κ3) is 5.33. The average Bonchev–Trinajstić information content (AvgIpc) is 2.75. The van der Waals surface area contributed by atoms with Crippen molar-refractivity contribution in [2.24, 2.45) is 0 Å². The van der Waals surface area contributed by atoms with E-state index in [1.54, 1.807) is 19.2 Å². The van der Waals surface area contributed by atoms with Gasteiger partial charge in [-0.3, -0.25) is 4.79 Å². The highest BCUT2D eigenvalue weighted by Crippen LogP contribution is 2.28. The number of ether oxygens (including phenoxy) is 2. The molecule has 0 saturated heterocycles. The molecule has 1 atom stereocenters. The van der Waals surface area contributed by atoms with Crippen molar-refractivity contribution in [2.45, 2.75) is 19.6 Å². The maximum Gasteiger partial charge on any atom is 0.266 e. The summed E-state index contributed by atoms with van der Waals surface area (Å²) in [5.41, 5.74) is 2.28. The van der Waals surface area contributed by atoms with E-state index in [0.717, 1.165) is 11.1 Å². The van der Waals surface area contributed by atoms with Gasteiger partial charge in [0, 0.05) is 11.6 Å². The lowest BCUT2D eigenvalue weighted by molar-refractivity contribution is 0.0866. The number of methoxy groups -OCH3 is 1. The Labute approximate surface area is 169 Å². The molecule has 3 rings (SSSR count). The summed E-state index contributed by atoms with van der Waals surface area (Å²) in [5, 5.41) is 14.7. The number of aliphatic hydroxyl groups is 1. The molecule has 0 unspecified atom stereocenters. The van der Waals surface area contributed by atoms with Crippen molar-refractivity contribution in [3.8, 4) is 22.8 Å². The van der Waals surface area contributed by atoms with Gasteiger partial charge in [-0.25, -0.2) is 4.68 Å². The first-order valence-corrected chi connectivity index (χ1v) is 9.36. The van der Waals surface area contributed by atoms with Crippen LogP contribution in [0.5, 0.6) is 11.5 Å². The van der Waals surface area contributed by atoms with E-state index in [1.165, 1.54) is 10.7 Å². The van der Waals surface area contributed by atoms with Gasteiger partial charge in [-0.15, -0.1) is 0 Å². The highest BCUT2D eigenvalue weighted by Gasteiger charge is 2.12. The predicted octanol–water partition coefficient (Wildman–Crippen LogP) is 3.39. The molecule has 3 aromatic rings. The molecule has 1 aromatic heterocycles. The van der Waals surface area contributed by atoms with Crippen molar-refractivity contribution in [3.63, 3.8) is 0 Å². The third-order valence-electron chi connectivity index (χ3n) is 4.30. The maximum absolute atomic E-state index is 12.1. The van der Waals surface area contributed by atoms with Gasteiger partial charge in [0.1, 0.15) is 12.7 Å². The molecule has 1 N–H and O–H groups in total. The molecule has 0 spiro atoms. The monoisotopic (exact) mass is 392 g/mol. The fraction of sp³-hybridized carbons (Fsp3) is 0.217. The van der Waals surface area contributed by atoms with Crippen molar-refractivity contribution in [1.29, 1.82) is 0 Å². The fourth-order valence-corrected chi connectivity index (χ4v) is 2.88. The van der Waals surface area contributed by atoms with E-state index in [0.29, 0.717) is 17.2 Å². The van der Waals surface area contributed by atoms with Gasteiger partial charge < -0.3 is 14.6 Å². The maximum atomic E-state index is 12.1. The molecule has 2 aromatic carbocycles. The summed E-state index contributed by atoms with van der Waals surface area (Å²) in [7, 11) is 1.57. The van der Waals surface area contributed by atoms with Gasteiger partial charge in [0.05, 0.1) is 19.3 Å². The SMILES string of the molecule is C/C=C/c1ccc(OC[C@@H](O)Cn2nc(-c3ccccc3)ccc2=O)c(OC)c1. The summed E-state index contributed by atoms with van der Waals surface area (Å²) in [6, 6.07) is 18.2. The molecule has 0 bridgehead atoms. The molecular weight excluding hydrogens is 368 g/mol. The normalized spacial score (nSPS) is 12.1. The van der Waals surface area contributed by atoms with Gasteiger partial charge in [-0.1, -0.05) is 48.6 Å². The van der Waals surface area contributed by atoms with E-state index < -0.39 is 6.10 Å². The molecular formula is C23H24N2O4. The van der Waals surface area contributed by atoms with Crippen LogP contribution in [0.4, 0.5) is 0 Å². The van der Waals surface area contributed by atoms with Crippen molar-refractivity contribution in [1.82, 2.24) is 9.78 Å². The van der Waals surface area contributed by atoms with Crippen LogP contribution >= 0.6 is 0 Å². The number of hydrogen-bond donors (Lipinski definition) is 1.